The number of amides is 2. The number of carbonyl (C=O) groups excluding carboxylic acids is 2. The van der Waals surface area contributed by atoms with Crippen molar-refractivity contribution in [3.8, 4) is 0 Å². The molecule has 0 atom stereocenters. The van der Waals surface area contributed by atoms with Crippen LogP contribution in [-0.4, -0.2) is 43.1 Å². The zero-order valence-electron chi connectivity index (χ0n) is 15.3. The van der Waals surface area contributed by atoms with Gasteiger partial charge in [-0.3, -0.25) is 14.5 Å². The van der Waals surface area contributed by atoms with Crippen molar-refractivity contribution in [3.63, 3.8) is 0 Å². The van der Waals surface area contributed by atoms with Crippen LogP contribution in [0.3, 0.4) is 0 Å². The first-order chi connectivity index (χ1) is 13.2. The van der Waals surface area contributed by atoms with Gasteiger partial charge in [0, 0.05) is 10.6 Å². The zero-order valence-corrected chi connectivity index (χ0v) is 16.2. The van der Waals surface area contributed by atoms with Gasteiger partial charge in [-0.1, -0.05) is 18.2 Å². The summed E-state index contributed by atoms with van der Waals surface area (Å²) >= 11 is 1.54. The third kappa shape index (κ3) is 6.58. The van der Waals surface area contributed by atoms with E-state index in [-0.39, 0.29) is 24.7 Å². The molecule has 0 aliphatic heterocycles. The minimum atomic E-state index is -4.57. The molecule has 0 heterocycles. The predicted molar refractivity (Wildman–Crippen MR) is 104 cm³/mol. The number of hydrogen-bond donors (Lipinski definition) is 2. The Bertz CT molecular complexity index is 843. The largest absolute Gasteiger partial charge is 0.418 e. The number of hydrogen-bond acceptors (Lipinski definition) is 4. The van der Waals surface area contributed by atoms with Crippen LogP contribution in [0, 0.1) is 0 Å². The number of anilines is 2. The summed E-state index contributed by atoms with van der Waals surface area (Å²) in [7, 11) is 1.53. The van der Waals surface area contributed by atoms with E-state index >= 15 is 0 Å². The van der Waals surface area contributed by atoms with Crippen molar-refractivity contribution in [3.05, 3.63) is 54.1 Å². The molecule has 0 spiro atoms. The number of benzene rings is 2. The molecule has 5 nitrogen and oxygen atoms in total. The quantitative estimate of drug-likeness (QED) is 0.678. The van der Waals surface area contributed by atoms with E-state index in [0.717, 1.165) is 11.0 Å². The Labute approximate surface area is 165 Å². The van der Waals surface area contributed by atoms with E-state index in [2.05, 4.69) is 10.6 Å². The van der Waals surface area contributed by atoms with Gasteiger partial charge in [0.2, 0.25) is 11.8 Å². The molecule has 28 heavy (non-hydrogen) atoms. The summed E-state index contributed by atoms with van der Waals surface area (Å²) < 4.78 is 38.9. The number of likely N-dealkylation sites (N-methyl/N-ethyl adjacent to an activating group) is 1. The summed E-state index contributed by atoms with van der Waals surface area (Å²) in [5, 5.41) is 4.98. The topological polar surface area (TPSA) is 61.4 Å². The molecule has 0 aromatic heterocycles. The number of para-hydroxylation sites is 1. The Balaban J connectivity index is 1.90. The lowest BCUT2D eigenvalue weighted by Crippen LogP contribution is -2.36. The maximum atomic E-state index is 13.0. The Kier molecular flexibility index (Phi) is 7.47. The second kappa shape index (κ2) is 9.61. The molecule has 0 unspecified atom stereocenters. The maximum absolute atomic E-state index is 13.0. The van der Waals surface area contributed by atoms with Gasteiger partial charge < -0.3 is 10.6 Å². The smallest absolute Gasteiger partial charge is 0.325 e. The Morgan fingerprint density at radius 1 is 1.00 bits per heavy atom. The molecule has 2 aromatic carbocycles. The average Bonchev–Trinajstić information content (AvgIpc) is 2.60. The Morgan fingerprint density at radius 2 is 1.64 bits per heavy atom. The molecule has 9 heteroatoms. The highest BCUT2D eigenvalue weighted by atomic mass is 32.2. The van der Waals surface area contributed by atoms with Crippen LogP contribution in [0.4, 0.5) is 24.5 Å². The molecule has 0 bridgehead atoms. The fraction of sp³-hybridized carbons (Fsp3) is 0.263. The molecule has 0 saturated carbocycles. The molecule has 2 amide bonds. The molecule has 0 aliphatic carbocycles. The van der Waals surface area contributed by atoms with Crippen LogP contribution in [0.5, 0.6) is 0 Å². The number of thioether (sulfide) groups is 1. The van der Waals surface area contributed by atoms with Crippen molar-refractivity contribution >= 4 is 35.0 Å². The summed E-state index contributed by atoms with van der Waals surface area (Å²) in [6.07, 6.45) is -2.65. The fourth-order valence-electron chi connectivity index (χ4n) is 2.48. The lowest BCUT2D eigenvalue weighted by Gasteiger charge is -2.18. The summed E-state index contributed by atoms with van der Waals surface area (Å²) in [5.41, 5.74) is -0.599. The second-order valence-electron chi connectivity index (χ2n) is 6.04. The summed E-state index contributed by atoms with van der Waals surface area (Å²) in [6.45, 7) is -0.317. The molecule has 0 radical (unpaired) electrons. The summed E-state index contributed by atoms with van der Waals surface area (Å²) in [6, 6.07) is 12.0. The number of carbonyl (C=O) groups is 2. The number of alkyl halides is 3. The Hall–Kier alpha value is -2.52. The fourth-order valence-corrected chi connectivity index (χ4v) is 2.94. The first-order valence-electron chi connectivity index (χ1n) is 8.27. The number of nitrogens with zero attached hydrogens (tertiary/aromatic N) is 1. The number of rotatable bonds is 7. The third-order valence-corrected chi connectivity index (χ3v) is 4.41. The van der Waals surface area contributed by atoms with Crippen LogP contribution in [0.15, 0.2) is 53.4 Å². The minimum Gasteiger partial charge on any atom is -0.325 e. The zero-order chi connectivity index (χ0) is 20.7. The molecule has 2 N–H and O–H groups in total. The maximum Gasteiger partial charge on any atom is 0.418 e. The van der Waals surface area contributed by atoms with Gasteiger partial charge in [-0.05, 0) is 43.6 Å². The average molecular weight is 411 g/mol. The van der Waals surface area contributed by atoms with Crippen LogP contribution in [0.2, 0.25) is 0 Å². The van der Waals surface area contributed by atoms with Gasteiger partial charge in [0.15, 0.2) is 0 Å². The van der Waals surface area contributed by atoms with Gasteiger partial charge in [-0.25, -0.2) is 0 Å². The third-order valence-electron chi connectivity index (χ3n) is 3.69. The highest BCUT2D eigenvalue weighted by molar-refractivity contribution is 7.98. The van der Waals surface area contributed by atoms with Crippen LogP contribution in [0.1, 0.15) is 5.56 Å². The lowest BCUT2D eigenvalue weighted by atomic mass is 10.1. The monoisotopic (exact) mass is 411 g/mol. The van der Waals surface area contributed by atoms with Gasteiger partial charge in [-0.15, -0.1) is 11.8 Å². The van der Waals surface area contributed by atoms with Gasteiger partial charge in [0.1, 0.15) is 0 Å². The van der Waals surface area contributed by atoms with Crippen molar-refractivity contribution in [1.29, 1.82) is 0 Å². The van der Waals surface area contributed by atoms with E-state index in [1.54, 1.807) is 17.8 Å². The molecule has 0 saturated heterocycles. The minimum absolute atomic E-state index is 0.0855. The van der Waals surface area contributed by atoms with Crippen molar-refractivity contribution in [2.75, 3.05) is 37.0 Å². The number of halogens is 3. The number of nitrogens with one attached hydrogen (secondary N) is 2. The first-order valence-corrected chi connectivity index (χ1v) is 9.50. The van der Waals surface area contributed by atoms with Crippen molar-refractivity contribution in [1.82, 2.24) is 4.90 Å². The molecule has 0 aliphatic rings. The first kappa shape index (κ1) is 21.8. The predicted octanol–water partition coefficient (Wildman–Crippen LogP) is 3.94. The molecule has 150 valence electrons. The highest BCUT2D eigenvalue weighted by Crippen LogP contribution is 2.34. The standard InChI is InChI=1S/C19H20F3N3O2S/c1-25(11-17(26)23-13-6-5-7-14(10-13)28-2)12-18(27)24-16-9-4-3-8-15(16)19(20,21)22/h3-10H,11-12H2,1-2H3,(H,23,26)(H,24,27). The molecule has 2 rings (SSSR count). The summed E-state index contributed by atoms with van der Waals surface area (Å²) in [5.74, 6) is -0.972. The van der Waals surface area contributed by atoms with Crippen molar-refractivity contribution in [2.45, 2.75) is 11.1 Å². The van der Waals surface area contributed by atoms with Crippen molar-refractivity contribution in [2.24, 2.45) is 0 Å². The van der Waals surface area contributed by atoms with Crippen LogP contribution in [0.25, 0.3) is 0 Å². The highest BCUT2D eigenvalue weighted by Gasteiger charge is 2.33. The second-order valence-corrected chi connectivity index (χ2v) is 6.92. The van der Waals surface area contributed by atoms with Gasteiger partial charge in [-0.2, -0.15) is 13.2 Å². The van der Waals surface area contributed by atoms with E-state index in [4.69, 9.17) is 0 Å². The van der Waals surface area contributed by atoms with E-state index < -0.39 is 17.6 Å². The lowest BCUT2D eigenvalue weighted by molar-refractivity contribution is -0.137. The van der Waals surface area contributed by atoms with E-state index in [9.17, 15) is 22.8 Å². The van der Waals surface area contributed by atoms with E-state index in [1.165, 1.54) is 30.1 Å². The van der Waals surface area contributed by atoms with E-state index in [1.807, 2.05) is 24.5 Å². The molecule has 0 fully saturated rings. The van der Waals surface area contributed by atoms with E-state index in [0.29, 0.717) is 5.69 Å². The molecular formula is C19H20F3N3O2S. The van der Waals surface area contributed by atoms with Crippen LogP contribution >= 0.6 is 11.8 Å². The molecule has 2 aromatic rings. The van der Waals surface area contributed by atoms with Gasteiger partial charge in [0.25, 0.3) is 0 Å². The molecular weight excluding hydrogens is 391 g/mol. The summed E-state index contributed by atoms with van der Waals surface area (Å²) in [4.78, 5) is 26.6. The van der Waals surface area contributed by atoms with Gasteiger partial charge in [0.05, 0.1) is 24.3 Å². The van der Waals surface area contributed by atoms with Gasteiger partial charge >= 0.3 is 6.18 Å². The van der Waals surface area contributed by atoms with Crippen LogP contribution in [-0.2, 0) is 15.8 Å². The van der Waals surface area contributed by atoms with Crippen molar-refractivity contribution < 1.29 is 22.8 Å². The Morgan fingerprint density at radius 3 is 2.29 bits per heavy atom. The van der Waals surface area contributed by atoms with Crippen LogP contribution < -0.4 is 10.6 Å². The normalized spacial score (nSPS) is 11.4. The SMILES string of the molecule is CSc1cccc(NC(=O)CN(C)CC(=O)Nc2ccccc2C(F)(F)F)c1.